The molecule has 162 valence electrons. The summed E-state index contributed by atoms with van der Waals surface area (Å²) in [6.07, 6.45) is 1.53. The fourth-order valence-electron chi connectivity index (χ4n) is 2.81. The van der Waals surface area contributed by atoms with Crippen LogP contribution in [0.4, 0.5) is 5.69 Å². The lowest BCUT2D eigenvalue weighted by atomic mass is 10.1. The maximum absolute atomic E-state index is 12.5. The zero-order chi connectivity index (χ0) is 22.9. The van der Waals surface area contributed by atoms with Crippen molar-refractivity contribution in [2.45, 2.75) is 13.5 Å². The highest BCUT2D eigenvalue weighted by molar-refractivity contribution is 9.10. The number of carbonyl (C=O) groups is 1. The van der Waals surface area contributed by atoms with Gasteiger partial charge in [-0.15, -0.1) is 0 Å². The van der Waals surface area contributed by atoms with Crippen molar-refractivity contribution in [3.8, 4) is 17.6 Å². The van der Waals surface area contributed by atoms with E-state index < -0.39 is 5.91 Å². The van der Waals surface area contributed by atoms with Gasteiger partial charge in [0, 0.05) is 15.7 Å². The molecule has 0 saturated heterocycles. The molecular weight excluding hydrogens is 536 g/mol. The first-order chi connectivity index (χ1) is 15.5. The molecule has 7 heteroatoms. The molecule has 0 bridgehead atoms. The molecule has 1 N–H and O–H groups in total. The molecule has 3 aromatic carbocycles. The lowest BCUT2D eigenvalue weighted by molar-refractivity contribution is -0.112. The van der Waals surface area contributed by atoms with Crippen LogP contribution in [0.1, 0.15) is 18.1 Å². The summed E-state index contributed by atoms with van der Waals surface area (Å²) < 4.78 is 13.0. The van der Waals surface area contributed by atoms with E-state index in [1.54, 1.807) is 42.5 Å². The van der Waals surface area contributed by atoms with Crippen molar-refractivity contribution >= 4 is 49.5 Å². The summed E-state index contributed by atoms with van der Waals surface area (Å²) in [7, 11) is 0. The number of halogens is 2. The molecule has 3 aromatic rings. The number of benzene rings is 3. The Hall–Kier alpha value is -3.08. The number of nitriles is 1. The quantitative estimate of drug-likeness (QED) is 0.247. The number of hydrogen-bond donors (Lipinski definition) is 1. The van der Waals surface area contributed by atoms with Gasteiger partial charge < -0.3 is 14.8 Å². The van der Waals surface area contributed by atoms with E-state index in [1.165, 1.54) is 6.08 Å². The van der Waals surface area contributed by atoms with Crippen molar-refractivity contribution in [3.63, 3.8) is 0 Å². The molecule has 0 spiro atoms. The topological polar surface area (TPSA) is 71.3 Å². The first kappa shape index (κ1) is 23.6. The summed E-state index contributed by atoms with van der Waals surface area (Å²) in [5, 5.41) is 12.2. The summed E-state index contributed by atoms with van der Waals surface area (Å²) in [6.45, 7) is 2.87. The molecule has 0 saturated carbocycles. The average Bonchev–Trinajstić information content (AvgIpc) is 2.79. The van der Waals surface area contributed by atoms with Crippen LogP contribution in [0, 0.1) is 11.3 Å². The van der Waals surface area contributed by atoms with Gasteiger partial charge in [0.15, 0.2) is 0 Å². The van der Waals surface area contributed by atoms with Crippen molar-refractivity contribution in [2.24, 2.45) is 0 Å². The highest BCUT2D eigenvalue weighted by Crippen LogP contribution is 2.29. The third-order valence-corrected chi connectivity index (χ3v) is 5.79. The number of anilines is 1. The third kappa shape index (κ3) is 6.46. The molecule has 0 aromatic heterocycles. The molecule has 0 atom stereocenters. The minimum atomic E-state index is -0.484. The Bertz CT molecular complexity index is 1170. The van der Waals surface area contributed by atoms with Gasteiger partial charge in [0.2, 0.25) is 0 Å². The number of nitrogens with one attached hydrogen (secondary N) is 1. The minimum absolute atomic E-state index is 0.00679. The highest BCUT2D eigenvalue weighted by Gasteiger charge is 2.11. The number of nitrogens with zero attached hydrogens (tertiary/aromatic N) is 1. The predicted molar refractivity (Wildman–Crippen MR) is 132 cm³/mol. The van der Waals surface area contributed by atoms with Gasteiger partial charge >= 0.3 is 0 Å². The summed E-state index contributed by atoms with van der Waals surface area (Å²) in [6, 6.07) is 22.2. The lowest BCUT2D eigenvalue weighted by Gasteiger charge is -2.10. The molecule has 1 amide bonds. The van der Waals surface area contributed by atoms with Gasteiger partial charge in [-0.2, -0.15) is 5.26 Å². The maximum atomic E-state index is 12.5. The number of hydrogen-bond acceptors (Lipinski definition) is 4. The van der Waals surface area contributed by atoms with Gasteiger partial charge in [0.05, 0.1) is 11.1 Å². The Morgan fingerprint density at radius 3 is 2.44 bits per heavy atom. The molecule has 0 aliphatic carbocycles. The highest BCUT2D eigenvalue weighted by atomic mass is 79.9. The van der Waals surface area contributed by atoms with E-state index >= 15 is 0 Å². The smallest absolute Gasteiger partial charge is 0.266 e. The summed E-state index contributed by atoms with van der Waals surface area (Å²) in [5.41, 5.74) is 2.30. The van der Waals surface area contributed by atoms with Crippen LogP contribution in [0.3, 0.4) is 0 Å². The summed E-state index contributed by atoms with van der Waals surface area (Å²) >= 11 is 7.01. The van der Waals surface area contributed by atoms with Crippen molar-refractivity contribution in [1.29, 1.82) is 5.26 Å². The summed E-state index contributed by atoms with van der Waals surface area (Å²) in [5.74, 6) is 0.894. The Morgan fingerprint density at radius 2 is 1.78 bits per heavy atom. The van der Waals surface area contributed by atoms with Gasteiger partial charge in [-0.25, -0.2) is 0 Å². The van der Waals surface area contributed by atoms with Gasteiger partial charge in [-0.3, -0.25) is 4.79 Å². The first-order valence-corrected chi connectivity index (χ1v) is 11.4. The third-order valence-electron chi connectivity index (χ3n) is 4.40. The van der Waals surface area contributed by atoms with Gasteiger partial charge in [0.1, 0.15) is 29.7 Å². The SMILES string of the molecule is CCOc1ccc(NC(=O)/C(C#N)=C/c2ccc(OCc3ccccc3Br)c(Br)c2)cc1. The van der Waals surface area contributed by atoms with E-state index in [0.29, 0.717) is 36.0 Å². The standard InChI is InChI=1S/C25H20Br2N2O3/c1-2-31-21-10-8-20(9-11-21)29-25(30)19(15-28)13-17-7-12-24(23(27)14-17)32-16-18-5-3-4-6-22(18)26/h3-14H,2,16H2,1H3,(H,29,30)/b19-13+. The van der Waals surface area contributed by atoms with E-state index in [2.05, 4.69) is 37.2 Å². The van der Waals surface area contributed by atoms with E-state index in [9.17, 15) is 10.1 Å². The zero-order valence-corrected chi connectivity index (χ0v) is 20.4. The van der Waals surface area contributed by atoms with Crippen molar-refractivity contribution in [2.75, 3.05) is 11.9 Å². The van der Waals surface area contributed by atoms with E-state index in [0.717, 1.165) is 14.5 Å². The van der Waals surface area contributed by atoms with Crippen LogP contribution in [0.15, 0.2) is 81.2 Å². The maximum Gasteiger partial charge on any atom is 0.266 e. The van der Waals surface area contributed by atoms with Crippen LogP contribution in [-0.4, -0.2) is 12.5 Å². The molecular formula is C25H20Br2N2O3. The van der Waals surface area contributed by atoms with Crippen molar-refractivity contribution < 1.29 is 14.3 Å². The van der Waals surface area contributed by atoms with E-state index in [1.807, 2.05) is 37.3 Å². The molecule has 3 rings (SSSR count). The second kappa shape index (κ2) is 11.5. The lowest BCUT2D eigenvalue weighted by Crippen LogP contribution is -2.13. The molecule has 32 heavy (non-hydrogen) atoms. The molecule has 0 fully saturated rings. The van der Waals surface area contributed by atoms with Crippen LogP contribution >= 0.6 is 31.9 Å². The average molecular weight is 556 g/mol. The number of amides is 1. The Morgan fingerprint density at radius 1 is 1.03 bits per heavy atom. The second-order valence-electron chi connectivity index (χ2n) is 6.65. The Labute approximate surface area is 203 Å². The minimum Gasteiger partial charge on any atom is -0.494 e. The number of carbonyl (C=O) groups excluding carboxylic acids is 1. The molecule has 0 aliphatic rings. The molecule has 0 aliphatic heterocycles. The summed E-state index contributed by atoms with van der Waals surface area (Å²) in [4.78, 5) is 12.5. The van der Waals surface area contributed by atoms with Gasteiger partial charge in [-0.05, 0) is 77.0 Å². The largest absolute Gasteiger partial charge is 0.494 e. The Balaban J connectivity index is 1.68. The van der Waals surface area contributed by atoms with Gasteiger partial charge in [-0.1, -0.05) is 40.2 Å². The van der Waals surface area contributed by atoms with Crippen molar-refractivity contribution in [3.05, 3.63) is 92.4 Å². The zero-order valence-electron chi connectivity index (χ0n) is 17.3. The normalized spacial score (nSPS) is 10.9. The number of ether oxygens (including phenoxy) is 2. The van der Waals surface area contributed by atoms with E-state index in [-0.39, 0.29) is 5.57 Å². The van der Waals surface area contributed by atoms with Crippen LogP contribution in [-0.2, 0) is 11.4 Å². The monoisotopic (exact) mass is 554 g/mol. The van der Waals surface area contributed by atoms with Crippen LogP contribution in [0.25, 0.3) is 6.08 Å². The number of rotatable bonds is 8. The first-order valence-electron chi connectivity index (χ1n) is 9.82. The molecule has 5 nitrogen and oxygen atoms in total. The van der Waals surface area contributed by atoms with Crippen LogP contribution in [0.5, 0.6) is 11.5 Å². The predicted octanol–water partition coefficient (Wildman–Crippen LogP) is 6.73. The van der Waals surface area contributed by atoms with Crippen LogP contribution in [0.2, 0.25) is 0 Å². The second-order valence-corrected chi connectivity index (χ2v) is 8.36. The van der Waals surface area contributed by atoms with Gasteiger partial charge in [0.25, 0.3) is 5.91 Å². The Kier molecular flexibility index (Phi) is 8.48. The molecule has 0 radical (unpaired) electrons. The molecule has 0 unspecified atom stereocenters. The fourth-order valence-corrected chi connectivity index (χ4v) is 3.72. The fraction of sp³-hybridized carbons (Fsp3) is 0.120. The van der Waals surface area contributed by atoms with E-state index in [4.69, 9.17) is 9.47 Å². The van der Waals surface area contributed by atoms with Crippen LogP contribution < -0.4 is 14.8 Å². The van der Waals surface area contributed by atoms with Crippen molar-refractivity contribution in [1.82, 2.24) is 0 Å². The molecule has 0 heterocycles.